The van der Waals surface area contributed by atoms with E-state index in [9.17, 15) is 9.59 Å². The highest BCUT2D eigenvalue weighted by atomic mass is 16.4. The van der Waals surface area contributed by atoms with E-state index >= 15 is 0 Å². The van der Waals surface area contributed by atoms with Gasteiger partial charge in [-0.1, -0.05) is 30.3 Å². The molecular formula is C14H20N2O4. The zero-order chi connectivity index (χ0) is 15.0. The second-order valence-electron chi connectivity index (χ2n) is 4.61. The average molecular weight is 280 g/mol. The first-order valence-corrected chi connectivity index (χ1v) is 6.47. The predicted octanol–water partition coefficient (Wildman–Crippen LogP) is 0.752. The average Bonchev–Trinajstić information content (AvgIpc) is 2.38. The molecule has 1 unspecified atom stereocenters. The van der Waals surface area contributed by atoms with Crippen LogP contribution < -0.4 is 10.6 Å². The number of aliphatic hydroxyl groups excluding tert-OH is 1. The summed E-state index contributed by atoms with van der Waals surface area (Å²) < 4.78 is 0. The molecule has 6 heteroatoms. The molecule has 1 aromatic rings. The third-order valence-electron chi connectivity index (χ3n) is 2.78. The minimum absolute atomic E-state index is 0.0180. The van der Waals surface area contributed by atoms with Crippen molar-refractivity contribution in [3.63, 3.8) is 0 Å². The van der Waals surface area contributed by atoms with Crippen LogP contribution in [0, 0.1) is 0 Å². The normalized spacial score (nSPS) is 13.3. The number of carboxylic acids is 1. The van der Waals surface area contributed by atoms with Crippen molar-refractivity contribution in [3.8, 4) is 0 Å². The van der Waals surface area contributed by atoms with E-state index in [0.717, 1.165) is 5.56 Å². The number of carbonyl (C=O) groups excluding carboxylic acids is 1. The Hall–Kier alpha value is -2.08. The van der Waals surface area contributed by atoms with Crippen LogP contribution in [0.4, 0.5) is 4.79 Å². The molecule has 0 saturated heterocycles. The summed E-state index contributed by atoms with van der Waals surface area (Å²) in [6, 6.07) is 7.93. The fourth-order valence-electron chi connectivity index (χ4n) is 1.83. The Kier molecular flexibility index (Phi) is 6.52. The largest absolute Gasteiger partial charge is 0.480 e. The molecule has 0 aliphatic rings. The van der Waals surface area contributed by atoms with Gasteiger partial charge in [0.1, 0.15) is 6.04 Å². The number of carbonyl (C=O) groups is 2. The van der Waals surface area contributed by atoms with Crippen molar-refractivity contribution in [2.24, 2.45) is 0 Å². The number of urea groups is 1. The van der Waals surface area contributed by atoms with Crippen LogP contribution in [0.5, 0.6) is 0 Å². The molecule has 1 aromatic carbocycles. The van der Waals surface area contributed by atoms with Gasteiger partial charge in [0.2, 0.25) is 0 Å². The van der Waals surface area contributed by atoms with Gasteiger partial charge in [-0.15, -0.1) is 0 Å². The van der Waals surface area contributed by atoms with E-state index in [1.165, 1.54) is 0 Å². The van der Waals surface area contributed by atoms with Crippen LogP contribution in [0.1, 0.15) is 18.9 Å². The van der Waals surface area contributed by atoms with E-state index in [0.29, 0.717) is 6.42 Å². The number of nitrogens with one attached hydrogen (secondary N) is 2. The Labute approximate surface area is 117 Å². The van der Waals surface area contributed by atoms with E-state index in [-0.39, 0.29) is 19.1 Å². The maximum atomic E-state index is 11.7. The van der Waals surface area contributed by atoms with Gasteiger partial charge in [0.25, 0.3) is 0 Å². The summed E-state index contributed by atoms with van der Waals surface area (Å²) >= 11 is 0. The fraction of sp³-hybridized carbons (Fsp3) is 0.429. The number of amides is 2. The van der Waals surface area contributed by atoms with Crippen molar-refractivity contribution < 1.29 is 19.8 Å². The van der Waals surface area contributed by atoms with Gasteiger partial charge in [-0.25, -0.2) is 9.59 Å². The SMILES string of the molecule is CC(Cc1ccccc1)NC(=O)N[C@H](CCO)C(=O)O. The lowest BCUT2D eigenvalue weighted by molar-refractivity contribution is -0.139. The summed E-state index contributed by atoms with van der Waals surface area (Å²) in [6.07, 6.45) is 0.641. The summed E-state index contributed by atoms with van der Waals surface area (Å²) in [6.45, 7) is 1.55. The quantitative estimate of drug-likeness (QED) is 0.592. The molecule has 0 bridgehead atoms. The lowest BCUT2D eigenvalue weighted by Gasteiger charge is -2.18. The van der Waals surface area contributed by atoms with Crippen molar-refractivity contribution in [3.05, 3.63) is 35.9 Å². The second-order valence-corrected chi connectivity index (χ2v) is 4.61. The molecular weight excluding hydrogens is 260 g/mol. The van der Waals surface area contributed by atoms with Crippen molar-refractivity contribution >= 4 is 12.0 Å². The van der Waals surface area contributed by atoms with Crippen LogP contribution in [0.25, 0.3) is 0 Å². The fourth-order valence-corrected chi connectivity index (χ4v) is 1.83. The molecule has 1 rings (SSSR count). The Morgan fingerprint density at radius 1 is 1.20 bits per heavy atom. The first-order chi connectivity index (χ1) is 9.52. The van der Waals surface area contributed by atoms with E-state index in [2.05, 4.69) is 10.6 Å². The number of benzene rings is 1. The monoisotopic (exact) mass is 280 g/mol. The third kappa shape index (κ3) is 5.71. The summed E-state index contributed by atoms with van der Waals surface area (Å²) in [5.41, 5.74) is 1.09. The topological polar surface area (TPSA) is 98.7 Å². The smallest absolute Gasteiger partial charge is 0.326 e. The Morgan fingerprint density at radius 2 is 1.85 bits per heavy atom. The molecule has 110 valence electrons. The van der Waals surface area contributed by atoms with Gasteiger partial charge in [0.15, 0.2) is 0 Å². The summed E-state index contributed by atoms with van der Waals surface area (Å²) in [7, 11) is 0. The zero-order valence-corrected chi connectivity index (χ0v) is 11.4. The van der Waals surface area contributed by atoms with E-state index in [1.54, 1.807) is 0 Å². The molecule has 2 atom stereocenters. The van der Waals surface area contributed by atoms with Gasteiger partial charge in [-0.2, -0.15) is 0 Å². The molecule has 0 spiro atoms. The molecule has 2 amide bonds. The zero-order valence-electron chi connectivity index (χ0n) is 11.4. The van der Waals surface area contributed by atoms with E-state index < -0.39 is 18.0 Å². The molecule has 0 aliphatic carbocycles. The second kappa shape index (κ2) is 8.16. The Bertz CT molecular complexity index is 436. The molecule has 0 radical (unpaired) electrons. The molecule has 20 heavy (non-hydrogen) atoms. The molecule has 6 nitrogen and oxygen atoms in total. The number of hydrogen-bond acceptors (Lipinski definition) is 3. The first-order valence-electron chi connectivity index (χ1n) is 6.47. The molecule has 4 N–H and O–H groups in total. The molecule has 0 fully saturated rings. The van der Waals surface area contributed by atoms with Crippen molar-refractivity contribution in [1.82, 2.24) is 10.6 Å². The molecule has 0 aliphatic heterocycles. The highest BCUT2D eigenvalue weighted by molar-refractivity contribution is 5.82. The summed E-state index contributed by atoms with van der Waals surface area (Å²) in [5, 5.41) is 22.6. The lowest BCUT2D eigenvalue weighted by atomic mass is 10.1. The van der Waals surface area contributed by atoms with Crippen LogP contribution in [0.2, 0.25) is 0 Å². The summed E-state index contributed by atoms with van der Waals surface area (Å²) in [5.74, 6) is -1.16. The van der Waals surface area contributed by atoms with Gasteiger partial charge in [-0.3, -0.25) is 0 Å². The number of rotatable bonds is 7. The van der Waals surface area contributed by atoms with Gasteiger partial charge in [-0.05, 0) is 18.9 Å². The Balaban J connectivity index is 2.43. The molecule has 0 aromatic heterocycles. The molecule has 0 saturated carbocycles. The van der Waals surface area contributed by atoms with Crippen LogP contribution >= 0.6 is 0 Å². The van der Waals surface area contributed by atoms with Crippen LogP contribution in [-0.4, -0.2) is 40.9 Å². The van der Waals surface area contributed by atoms with Crippen molar-refractivity contribution in [2.75, 3.05) is 6.61 Å². The maximum absolute atomic E-state index is 11.7. The highest BCUT2D eigenvalue weighted by Gasteiger charge is 2.19. The molecule has 0 heterocycles. The third-order valence-corrected chi connectivity index (χ3v) is 2.78. The van der Waals surface area contributed by atoms with Gasteiger partial charge in [0.05, 0.1) is 0 Å². The minimum Gasteiger partial charge on any atom is -0.480 e. The van der Waals surface area contributed by atoms with Crippen LogP contribution in [0.3, 0.4) is 0 Å². The van der Waals surface area contributed by atoms with Gasteiger partial charge >= 0.3 is 12.0 Å². The predicted molar refractivity (Wildman–Crippen MR) is 74.4 cm³/mol. The Morgan fingerprint density at radius 3 is 2.40 bits per heavy atom. The minimum atomic E-state index is -1.16. The number of carboxylic acid groups (broad SMARTS) is 1. The number of hydrogen-bond donors (Lipinski definition) is 4. The number of aliphatic hydroxyl groups is 1. The van der Waals surface area contributed by atoms with E-state index in [4.69, 9.17) is 10.2 Å². The number of aliphatic carboxylic acids is 1. The van der Waals surface area contributed by atoms with Crippen LogP contribution in [-0.2, 0) is 11.2 Å². The lowest BCUT2D eigenvalue weighted by Crippen LogP contribution is -2.49. The van der Waals surface area contributed by atoms with Crippen LogP contribution in [0.15, 0.2) is 30.3 Å². The maximum Gasteiger partial charge on any atom is 0.326 e. The van der Waals surface area contributed by atoms with Crippen molar-refractivity contribution in [2.45, 2.75) is 31.8 Å². The standard InChI is InChI=1S/C14H20N2O4/c1-10(9-11-5-3-2-4-6-11)15-14(20)16-12(7-8-17)13(18)19/h2-6,10,12,17H,7-9H2,1H3,(H,18,19)(H2,15,16,20)/t10?,12-/m1/s1. The summed E-state index contributed by atoms with van der Waals surface area (Å²) in [4.78, 5) is 22.5. The highest BCUT2D eigenvalue weighted by Crippen LogP contribution is 2.02. The first kappa shape index (κ1) is 16.0. The van der Waals surface area contributed by atoms with E-state index in [1.807, 2.05) is 37.3 Å². The van der Waals surface area contributed by atoms with Gasteiger partial charge in [0, 0.05) is 19.1 Å². The van der Waals surface area contributed by atoms with Crippen molar-refractivity contribution in [1.29, 1.82) is 0 Å². The van der Waals surface area contributed by atoms with Gasteiger partial charge < -0.3 is 20.8 Å².